The smallest absolute Gasteiger partial charge is 0.342 e. The van der Waals surface area contributed by atoms with E-state index in [1.807, 2.05) is 19.9 Å². The Balaban J connectivity index is 0.000000308. The van der Waals surface area contributed by atoms with Crippen molar-refractivity contribution in [3.8, 4) is 0 Å². The average Bonchev–Trinajstić information content (AvgIpc) is 3.04. The third-order valence-electron chi connectivity index (χ3n) is 8.27. The van der Waals surface area contributed by atoms with Gasteiger partial charge < -0.3 is 19.5 Å². The molecule has 1 saturated heterocycles. The second kappa shape index (κ2) is 23.5. The van der Waals surface area contributed by atoms with E-state index in [1.54, 1.807) is 30.3 Å². The van der Waals surface area contributed by atoms with Gasteiger partial charge in [-0.05, 0) is 69.2 Å². The van der Waals surface area contributed by atoms with Gasteiger partial charge in [0.15, 0.2) is 6.79 Å². The van der Waals surface area contributed by atoms with Crippen LogP contribution < -0.4 is 5.32 Å². The van der Waals surface area contributed by atoms with Crippen molar-refractivity contribution < 1.29 is 19.0 Å². The Labute approximate surface area is 277 Å². The molecule has 1 fully saturated rings. The Hall–Kier alpha value is -1.79. The van der Waals surface area contributed by atoms with Crippen LogP contribution in [-0.2, 0) is 14.2 Å². The number of ether oxygens (including phenoxy) is 3. The number of para-hydroxylation sites is 1. The molecule has 2 atom stereocenters. The lowest BCUT2D eigenvalue weighted by molar-refractivity contribution is -0.0352. The van der Waals surface area contributed by atoms with Crippen molar-refractivity contribution in [1.82, 2.24) is 0 Å². The molecule has 2 aromatic carbocycles. The van der Waals surface area contributed by atoms with Gasteiger partial charge in [0.2, 0.25) is 0 Å². The third-order valence-corrected chi connectivity index (χ3v) is 9.07. The molecule has 3 rings (SSSR count). The molecule has 1 heterocycles. The third kappa shape index (κ3) is 14.5. The predicted molar refractivity (Wildman–Crippen MR) is 187 cm³/mol. The largest absolute Gasteiger partial charge is 0.435 e. The fraction of sp³-hybridized carbons (Fsp3) is 0.649. The minimum Gasteiger partial charge on any atom is -0.435 e. The second-order valence-corrected chi connectivity index (χ2v) is 12.6. The lowest BCUT2D eigenvalue weighted by Crippen LogP contribution is -2.29. The Kier molecular flexibility index (Phi) is 20.5. The molecule has 5 nitrogen and oxygen atoms in total. The van der Waals surface area contributed by atoms with Gasteiger partial charge in [-0.25, -0.2) is 4.79 Å². The molecule has 0 radical (unpaired) electrons. The van der Waals surface area contributed by atoms with Gasteiger partial charge in [0, 0.05) is 13.2 Å². The first-order valence-corrected chi connectivity index (χ1v) is 17.8. The van der Waals surface area contributed by atoms with Gasteiger partial charge in [-0.2, -0.15) is 0 Å². The SMILES string of the molecule is CCCCCCCC[C@H]1OCCC[C@@H]1CCCCCCC.CCOCOC(=O)c1ccccc1Nc1c(Cl)ccc(C)c1Cl. The molecule has 1 aliphatic rings. The maximum Gasteiger partial charge on any atom is 0.342 e. The summed E-state index contributed by atoms with van der Waals surface area (Å²) in [6.45, 7) is 9.70. The van der Waals surface area contributed by atoms with Crippen LogP contribution in [0, 0.1) is 12.8 Å². The molecule has 7 heteroatoms. The molecule has 0 saturated carbocycles. The van der Waals surface area contributed by atoms with E-state index in [0.717, 1.165) is 18.1 Å². The molecular formula is C37H57Cl2NO4. The monoisotopic (exact) mass is 649 g/mol. The normalized spacial score (nSPS) is 16.2. The number of unbranched alkanes of at least 4 members (excludes halogenated alkanes) is 9. The molecule has 1 N–H and O–H groups in total. The first-order valence-electron chi connectivity index (χ1n) is 17.1. The summed E-state index contributed by atoms with van der Waals surface area (Å²) >= 11 is 12.5. The van der Waals surface area contributed by atoms with E-state index >= 15 is 0 Å². The number of benzene rings is 2. The van der Waals surface area contributed by atoms with E-state index in [1.165, 1.54) is 96.3 Å². The van der Waals surface area contributed by atoms with Gasteiger partial charge in [0.25, 0.3) is 0 Å². The van der Waals surface area contributed by atoms with Crippen molar-refractivity contribution in [2.24, 2.45) is 5.92 Å². The molecule has 248 valence electrons. The topological polar surface area (TPSA) is 56.8 Å². The number of anilines is 2. The van der Waals surface area contributed by atoms with E-state index < -0.39 is 5.97 Å². The van der Waals surface area contributed by atoms with Crippen molar-refractivity contribution >= 4 is 40.5 Å². The van der Waals surface area contributed by atoms with Crippen LogP contribution >= 0.6 is 23.2 Å². The molecule has 0 aliphatic carbocycles. The van der Waals surface area contributed by atoms with Crippen LogP contribution in [0.2, 0.25) is 10.0 Å². The van der Waals surface area contributed by atoms with E-state index in [0.29, 0.717) is 39.7 Å². The van der Waals surface area contributed by atoms with Crippen LogP contribution in [0.3, 0.4) is 0 Å². The van der Waals surface area contributed by atoms with Crippen LogP contribution in [-0.4, -0.2) is 32.1 Å². The summed E-state index contributed by atoms with van der Waals surface area (Å²) < 4.78 is 16.2. The van der Waals surface area contributed by atoms with E-state index in [9.17, 15) is 4.79 Å². The van der Waals surface area contributed by atoms with Gasteiger partial charge in [-0.1, -0.05) is 126 Å². The molecule has 0 spiro atoms. The van der Waals surface area contributed by atoms with E-state index in [4.69, 9.17) is 37.4 Å². The van der Waals surface area contributed by atoms with Gasteiger partial charge in [0.1, 0.15) is 0 Å². The summed E-state index contributed by atoms with van der Waals surface area (Å²) in [5.41, 5.74) is 2.37. The number of esters is 1. The van der Waals surface area contributed by atoms with Crippen molar-refractivity contribution in [3.63, 3.8) is 0 Å². The van der Waals surface area contributed by atoms with Crippen LogP contribution in [0.1, 0.15) is 133 Å². The van der Waals surface area contributed by atoms with Gasteiger partial charge in [-0.15, -0.1) is 0 Å². The summed E-state index contributed by atoms with van der Waals surface area (Å²) in [6.07, 6.45) is 21.6. The van der Waals surface area contributed by atoms with Crippen molar-refractivity contribution in [1.29, 1.82) is 0 Å². The van der Waals surface area contributed by atoms with Crippen molar-refractivity contribution in [2.45, 2.75) is 130 Å². The Morgan fingerprint density at radius 2 is 1.55 bits per heavy atom. The average molecular weight is 651 g/mol. The number of carbonyl (C=O) groups excluding carboxylic acids is 1. The number of halogens is 2. The number of rotatable bonds is 19. The fourth-order valence-electron chi connectivity index (χ4n) is 5.62. The van der Waals surface area contributed by atoms with Crippen molar-refractivity contribution in [3.05, 3.63) is 57.6 Å². The number of carbonyl (C=O) groups is 1. The van der Waals surface area contributed by atoms with Crippen LogP contribution in [0.25, 0.3) is 0 Å². The first kappa shape index (κ1) is 38.4. The molecule has 44 heavy (non-hydrogen) atoms. The maximum atomic E-state index is 12.2. The number of aryl methyl sites for hydroxylation is 1. The molecule has 0 unspecified atom stereocenters. The number of hydrogen-bond acceptors (Lipinski definition) is 5. The zero-order valence-electron chi connectivity index (χ0n) is 27.7. The van der Waals surface area contributed by atoms with E-state index in [-0.39, 0.29) is 6.79 Å². The zero-order valence-corrected chi connectivity index (χ0v) is 29.2. The van der Waals surface area contributed by atoms with E-state index in [2.05, 4.69) is 19.2 Å². The minimum absolute atomic E-state index is 0.0877. The fourth-order valence-corrected chi connectivity index (χ4v) is 6.08. The lowest BCUT2D eigenvalue weighted by atomic mass is 9.86. The zero-order chi connectivity index (χ0) is 32.0. The Morgan fingerprint density at radius 3 is 2.25 bits per heavy atom. The Morgan fingerprint density at radius 1 is 0.886 bits per heavy atom. The molecular weight excluding hydrogens is 593 g/mol. The maximum absolute atomic E-state index is 12.2. The highest BCUT2D eigenvalue weighted by molar-refractivity contribution is 6.39. The van der Waals surface area contributed by atoms with Crippen molar-refractivity contribution in [2.75, 3.05) is 25.3 Å². The summed E-state index contributed by atoms with van der Waals surface area (Å²) in [7, 11) is 0. The Bertz CT molecular complexity index is 1060. The highest BCUT2D eigenvalue weighted by Gasteiger charge is 2.25. The number of nitrogens with one attached hydrogen (secondary N) is 1. The first-order chi connectivity index (χ1) is 21.4. The van der Waals surface area contributed by atoms with Crippen LogP contribution in [0.4, 0.5) is 11.4 Å². The molecule has 2 aromatic rings. The predicted octanol–water partition coefficient (Wildman–Crippen LogP) is 12.1. The summed E-state index contributed by atoms with van der Waals surface area (Å²) in [5, 5.41) is 4.10. The molecule has 1 aliphatic heterocycles. The quantitative estimate of drug-likeness (QED) is 0.0931. The van der Waals surface area contributed by atoms with Crippen LogP contribution in [0.5, 0.6) is 0 Å². The highest BCUT2D eigenvalue weighted by atomic mass is 35.5. The minimum atomic E-state index is -0.485. The van der Waals surface area contributed by atoms with Gasteiger partial charge in [0.05, 0.1) is 33.1 Å². The van der Waals surface area contributed by atoms with Gasteiger partial charge in [-0.3, -0.25) is 0 Å². The lowest BCUT2D eigenvalue weighted by Gasteiger charge is -2.32. The standard InChI is InChI=1S/C20H40O.C17H17Cl2NO3/c1-3-5-7-9-11-13-17-20-19(16-14-18-21-20)15-12-10-8-6-4-2;1-3-22-10-23-17(21)12-6-4-5-7-14(12)20-16-13(18)9-8-11(2)15(16)19/h19-20H,3-18H2,1-2H3;4-9,20H,3,10H2,1-2H3/t19-,20+;/m0./s1. The number of hydrogen-bond donors (Lipinski definition) is 1. The van der Waals surface area contributed by atoms with Crippen LogP contribution in [0.15, 0.2) is 36.4 Å². The molecule has 0 bridgehead atoms. The summed E-state index contributed by atoms with van der Waals surface area (Å²) in [5.74, 6) is 0.387. The summed E-state index contributed by atoms with van der Waals surface area (Å²) in [4.78, 5) is 12.2. The molecule has 0 aromatic heterocycles. The molecule has 0 amide bonds. The second-order valence-electron chi connectivity index (χ2n) is 11.8. The van der Waals surface area contributed by atoms with Gasteiger partial charge >= 0.3 is 5.97 Å². The highest BCUT2D eigenvalue weighted by Crippen LogP contribution is 2.36. The summed E-state index contributed by atoms with van der Waals surface area (Å²) in [6, 6.07) is 10.6.